The van der Waals surface area contributed by atoms with E-state index in [2.05, 4.69) is 63.3 Å². The number of piperazine rings is 1. The average molecular weight is 658 g/mol. The summed E-state index contributed by atoms with van der Waals surface area (Å²) in [6.45, 7) is 8.72. The second-order valence-electron chi connectivity index (χ2n) is 11.6. The Morgan fingerprint density at radius 3 is 2.24 bits per heavy atom. The standard InChI is InChI=1S/C33H38F3N5O3S.CH4/c1-24-2-4-25(5-3-24)23-44-29-9-7-28(8-10-29)39-20-18-38(19-21-39)15-14-32(45)40-16-12-26(13-17-40)37-27-6-11-31(41(42)43)30(22-27)33(34,35)36;/h2-11,22,26,37H,12-21,23H2,1H3;1H4. The average Bonchev–Trinajstić information content (AvgIpc) is 3.04. The van der Waals surface area contributed by atoms with E-state index in [0.717, 1.165) is 67.6 Å². The van der Waals surface area contributed by atoms with E-state index in [0.29, 0.717) is 32.5 Å². The lowest BCUT2D eigenvalue weighted by molar-refractivity contribution is -0.388. The summed E-state index contributed by atoms with van der Waals surface area (Å²) in [5, 5.41) is 14.2. The van der Waals surface area contributed by atoms with E-state index in [-0.39, 0.29) is 19.2 Å². The zero-order chi connectivity index (χ0) is 32.0. The van der Waals surface area contributed by atoms with Crippen LogP contribution in [0.15, 0.2) is 66.7 Å². The quantitative estimate of drug-likeness (QED) is 0.136. The number of ether oxygens (including phenoxy) is 1. The van der Waals surface area contributed by atoms with Crippen molar-refractivity contribution >= 4 is 34.3 Å². The van der Waals surface area contributed by atoms with Crippen LogP contribution in [0.3, 0.4) is 0 Å². The molecule has 0 unspecified atom stereocenters. The number of likely N-dealkylation sites (tertiary alicyclic amines) is 1. The molecule has 2 aliphatic rings. The molecule has 5 rings (SSSR count). The Bertz CT molecular complexity index is 1450. The van der Waals surface area contributed by atoms with E-state index in [1.165, 1.54) is 17.3 Å². The highest BCUT2D eigenvalue weighted by atomic mass is 32.1. The number of aryl methyl sites for hydroxylation is 1. The van der Waals surface area contributed by atoms with Crippen LogP contribution in [0.1, 0.15) is 43.4 Å². The number of anilines is 2. The molecular weight excluding hydrogens is 615 g/mol. The predicted octanol–water partition coefficient (Wildman–Crippen LogP) is 7.55. The molecule has 2 aliphatic heterocycles. The Hall–Kier alpha value is -3.90. The first-order valence-corrected chi connectivity index (χ1v) is 15.6. The normalized spacial score (nSPS) is 16.1. The number of nitrogens with one attached hydrogen (secondary N) is 1. The number of rotatable bonds is 10. The van der Waals surface area contributed by atoms with Crippen LogP contribution in [0.2, 0.25) is 0 Å². The first-order valence-electron chi connectivity index (χ1n) is 15.2. The zero-order valence-electron chi connectivity index (χ0n) is 25.3. The van der Waals surface area contributed by atoms with Gasteiger partial charge in [-0.05, 0) is 61.7 Å². The summed E-state index contributed by atoms with van der Waals surface area (Å²) in [7, 11) is 0. The zero-order valence-corrected chi connectivity index (χ0v) is 26.1. The molecule has 0 saturated carbocycles. The van der Waals surface area contributed by atoms with Crippen molar-refractivity contribution in [2.24, 2.45) is 0 Å². The first-order chi connectivity index (χ1) is 21.5. The van der Waals surface area contributed by atoms with Crippen LogP contribution in [-0.4, -0.2) is 71.6 Å². The molecule has 12 heteroatoms. The summed E-state index contributed by atoms with van der Waals surface area (Å²) in [5.74, 6) is 0.855. The lowest BCUT2D eigenvalue weighted by atomic mass is 10.0. The third-order valence-electron chi connectivity index (χ3n) is 8.46. The van der Waals surface area contributed by atoms with Crippen LogP contribution < -0.4 is 15.0 Å². The van der Waals surface area contributed by atoms with Crippen LogP contribution in [0.25, 0.3) is 0 Å². The molecule has 248 valence electrons. The van der Waals surface area contributed by atoms with Gasteiger partial charge in [0.15, 0.2) is 0 Å². The summed E-state index contributed by atoms with van der Waals surface area (Å²) in [4.78, 5) is 17.9. The van der Waals surface area contributed by atoms with Gasteiger partial charge in [0.05, 0.1) is 9.91 Å². The highest BCUT2D eigenvalue weighted by Crippen LogP contribution is 2.38. The van der Waals surface area contributed by atoms with Crippen LogP contribution >= 0.6 is 12.2 Å². The van der Waals surface area contributed by atoms with Gasteiger partial charge in [-0.3, -0.25) is 15.0 Å². The lowest BCUT2D eigenvalue weighted by Crippen LogP contribution is -2.48. The molecule has 0 bridgehead atoms. The molecular formula is C34H42F3N5O3S. The van der Waals surface area contributed by atoms with E-state index >= 15 is 0 Å². The van der Waals surface area contributed by atoms with Crippen LogP contribution in [0.4, 0.5) is 30.2 Å². The van der Waals surface area contributed by atoms with Gasteiger partial charge < -0.3 is 19.9 Å². The van der Waals surface area contributed by atoms with Crippen LogP contribution in [-0.2, 0) is 12.8 Å². The number of hydrogen-bond acceptors (Lipinski definition) is 7. The Kier molecular flexibility index (Phi) is 11.9. The van der Waals surface area contributed by atoms with Gasteiger partial charge in [-0.25, -0.2) is 0 Å². The monoisotopic (exact) mass is 657 g/mol. The fourth-order valence-corrected chi connectivity index (χ4v) is 6.04. The molecule has 46 heavy (non-hydrogen) atoms. The van der Waals surface area contributed by atoms with E-state index in [9.17, 15) is 23.3 Å². The topological polar surface area (TPSA) is 74.1 Å². The molecule has 2 heterocycles. The minimum absolute atomic E-state index is 0. The molecule has 3 aromatic rings. The molecule has 0 amide bonds. The number of halogens is 3. The summed E-state index contributed by atoms with van der Waals surface area (Å²) in [5.41, 5.74) is 1.62. The molecule has 1 N–H and O–H groups in total. The molecule has 0 radical (unpaired) electrons. The van der Waals surface area contributed by atoms with Gasteiger partial charge in [-0.1, -0.05) is 49.5 Å². The van der Waals surface area contributed by atoms with Crippen molar-refractivity contribution < 1.29 is 22.8 Å². The number of thiocarbonyl (C=S) groups is 1. The van der Waals surface area contributed by atoms with E-state index in [4.69, 9.17) is 17.0 Å². The number of piperidine rings is 1. The fourth-order valence-electron chi connectivity index (χ4n) is 5.77. The van der Waals surface area contributed by atoms with E-state index < -0.39 is 22.4 Å². The van der Waals surface area contributed by atoms with Crippen molar-refractivity contribution in [1.82, 2.24) is 9.80 Å². The fraction of sp³-hybridized carbons (Fsp3) is 0.441. The highest BCUT2D eigenvalue weighted by Gasteiger charge is 2.38. The van der Waals surface area contributed by atoms with Gasteiger partial charge in [-0.15, -0.1) is 0 Å². The molecule has 0 atom stereocenters. The van der Waals surface area contributed by atoms with Gasteiger partial charge >= 0.3 is 6.18 Å². The van der Waals surface area contributed by atoms with Crippen molar-refractivity contribution in [2.45, 2.75) is 52.4 Å². The molecule has 2 fully saturated rings. The predicted molar refractivity (Wildman–Crippen MR) is 181 cm³/mol. The molecule has 0 aliphatic carbocycles. The smallest absolute Gasteiger partial charge is 0.423 e. The van der Waals surface area contributed by atoms with Crippen molar-refractivity contribution in [3.63, 3.8) is 0 Å². The lowest BCUT2D eigenvalue weighted by Gasteiger charge is -2.37. The second-order valence-corrected chi connectivity index (χ2v) is 12.1. The molecule has 3 aromatic carbocycles. The largest absolute Gasteiger partial charge is 0.489 e. The summed E-state index contributed by atoms with van der Waals surface area (Å²) in [6.07, 6.45) is -2.58. The third kappa shape index (κ3) is 9.32. The van der Waals surface area contributed by atoms with Crippen molar-refractivity contribution in [2.75, 3.05) is 56.0 Å². The Balaban J connectivity index is 0.00000480. The van der Waals surface area contributed by atoms with Crippen molar-refractivity contribution in [1.29, 1.82) is 0 Å². The number of nitro groups is 1. The maximum atomic E-state index is 13.3. The summed E-state index contributed by atoms with van der Waals surface area (Å²) in [6, 6.07) is 19.7. The van der Waals surface area contributed by atoms with Gasteiger partial charge in [0.2, 0.25) is 0 Å². The Morgan fingerprint density at radius 2 is 1.63 bits per heavy atom. The number of hydrogen-bond donors (Lipinski definition) is 1. The van der Waals surface area contributed by atoms with Crippen molar-refractivity contribution in [3.8, 4) is 5.75 Å². The van der Waals surface area contributed by atoms with Gasteiger partial charge in [0, 0.05) is 75.7 Å². The second kappa shape index (κ2) is 15.6. The molecule has 8 nitrogen and oxygen atoms in total. The number of benzene rings is 3. The van der Waals surface area contributed by atoms with Gasteiger partial charge in [-0.2, -0.15) is 13.2 Å². The number of nitro benzene ring substituents is 1. The summed E-state index contributed by atoms with van der Waals surface area (Å²) < 4.78 is 46.0. The van der Waals surface area contributed by atoms with Gasteiger partial charge in [0.1, 0.15) is 17.9 Å². The SMILES string of the molecule is C.Cc1ccc(COc2ccc(N3CCN(CCC(=S)N4CCC(Nc5ccc([N+](=O)[O-])c(C(F)(F)F)c5)CC4)CC3)cc2)cc1. The molecule has 0 spiro atoms. The van der Waals surface area contributed by atoms with Crippen LogP contribution in [0.5, 0.6) is 5.75 Å². The Morgan fingerprint density at radius 1 is 0.978 bits per heavy atom. The van der Waals surface area contributed by atoms with Crippen LogP contribution in [0, 0.1) is 17.0 Å². The maximum absolute atomic E-state index is 13.3. The third-order valence-corrected chi connectivity index (χ3v) is 8.92. The number of nitrogens with zero attached hydrogens (tertiary/aromatic N) is 4. The van der Waals surface area contributed by atoms with Crippen molar-refractivity contribution in [3.05, 3.63) is 93.5 Å². The number of alkyl halides is 3. The first kappa shape index (κ1) is 35.0. The minimum atomic E-state index is -4.80. The summed E-state index contributed by atoms with van der Waals surface area (Å²) >= 11 is 5.75. The molecule has 2 saturated heterocycles. The minimum Gasteiger partial charge on any atom is -0.489 e. The maximum Gasteiger partial charge on any atom is 0.423 e. The van der Waals surface area contributed by atoms with Gasteiger partial charge in [0.25, 0.3) is 5.69 Å². The van der Waals surface area contributed by atoms with E-state index in [1.807, 2.05) is 12.1 Å². The molecule has 0 aromatic heterocycles. The Labute approximate surface area is 274 Å². The highest BCUT2D eigenvalue weighted by molar-refractivity contribution is 7.80. The van der Waals surface area contributed by atoms with E-state index in [1.54, 1.807) is 0 Å².